The number of thioether (sulfide) groups is 1. The molecule has 0 aliphatic carbocycles. The van der Waals surface area contributed by atoms with Crippen LogP contribution in [0.25, 0.3) is 0 Å². The van der Waals surface area contributed by atoms with E-state index in [0.29, 0.717) is 12.3 Å². The van der Waals surface area contributed by atoms with E-state index < -0.39 is 0 Å². The van der Waals surface area contributed by atoms with Crippen molar-refractivity contribution in [2.45, 2.75) is 38.6 Å². The summed E-state index contributed by atoms with van der Waals surface area (Å²) in [5, 5.41) is 12.1. The van der Waals surface area contributed by atoms with Gasteiger partial charge < -0.3 is 9.73 Å². The summed E-state index contributed by atoms with van der Waals surface area (Å²) in [5.41, 5.74) is 5.35. The number of benzene rings is 1. The van der Waals surface area contributed by atoms with Crippen molar-refractivity contribution in [2.75, 3.05) is 11.1 Å². The quantitative estimate of drug-likeness (QED) is 0.457. The Morgan fingerprint density at radius 2 is 2.00 bits per heavy atom. The Morgan fingerprint density at radius 3 is 2.73 bits per heavy atom. The van der Waals surface area contributed by atoms with Gasteiger partial charge in [-0.15, -0.1) is 10.2 Å². The molecule has 136 valence electrons. The number of hydrogen-bond acceptors (Lipinski definition) is 7. The summed E-state index contributed by atoms with van der Waals surface area (Å²) in [4.78, 5) is 12.7. The van der Waals surface area contributed by atoms with Gasteiger partial charge in [0.1, 0.15) is 5.76 Å². The summed E-state index contributed by atoms with van der Waals surface area (Å²) in [7, 11) is 0. The average Bonchev–Trinajstić information content (AvgIpc) is 3.27. The van der Waals surface area contributed by atoms with Crippen molar-refractivity contribution in [1.82, 2.24) is 10.2 Å². The molecule has 0 saturated carbocycles. The van der Waals surface area contributed by atoms with Crippen molar-refractivity contribution < 1.29 is 9.21 Å². The van der Waals surface area contributed by atoms with Crippen LogP contribution in [0.2, 0.25) is 0 Å². The van der Waals surface area contributed by atoms with Gasteiger partial charge in [0, 0.05) is 5.56 Å². The maximum atomic E-state index is 12.7. The number of anilines is 1. The molecule has 3 rings (SSSR count). The second-order valence-corrected chi connectivity index (χ2v) is 8.35. The highest BCUT2D eigenvalue weighted by Crippen LogP contribution is 2.28. The minimum Gasteiger partial charge on any atom is -0.467 e. The van der Waals surface area contributed by atoms with Crippen molar-refractivity contribution in [3.63, 3.8) is 0 Å². The van der Waals surface area contributed by atoms with Gasteiger partial charge in [-0.25, -0.2) is 0 Å². The van der Waals surface area contributed by atoms with Crippen molar-refractivity contribution in [3.05, 3.63) is 58.0 Å². The van der Waals surface area contributed by atoms with Crippen molar-refractivity contribution in [3.8, 4) is 0 Å². The second-order valence-electron chi connectivity index (χ2n) is 6.15. The van der Waals surface area contributed by atoms with Crippen molar-refractivity contribution in [2.24, 2.45) is 0 Å². The zero-order valence-electron chi connectivity index (χ0n) is 15.3. The van der Waals surface area contributed by atoms with Gasteiger partial charge in [-0.3, -0.25) is 4.79 Å². The van der Waals surface area contributed by atoms with E-state index in [4.69, 9.17) is 4.42 Å². The third-order valence-corrected chi connectivity index (χ3v) is 6.38. The Labute approximate surface area is 161 Å². The van der Waals surface area contributed by atoms with E-state index in [2.05, 4.69) is 35.4 Å². The number of Topliss-reactive ketones (excluding diaryl/α,β-unsaturated/α-hetero) is 1. The summed E-state index contributed by atoms with van der Waals surface area (Å²) >= 11 is 2.87. The molecule has 0 saturated heterocycles. The maximum absolute atomic E-state index is 12.7. The van der Waals surface area contributed by atoms with E-state index in [1.807, 2.05) is 26.0 Å². The molecule has 5 nitrogen and oxygen atoms in total. The number of furan rings is 1. The molecule has 0 aliphatic heterocycles. The predicted octanol–water partition coefficient (Wildman–Crippen LogP) is 4.95. The van der Waals surface area contributed by atoms with Gasteiger partial charge >= 0.3 is 0 Å². The van der Waals surface area contributed by atoms with Crippen molar-refractivity contribution in [1.29, 1.82) is 0 Å². The molecule has 1 N–H and O–H groups in total. The number of carbonyl (C=O) groups excluding carboxylic acids is 1. The molecule has 0 atom stereocenters. The van der Waals surface area contributed by atoms with Crippen LogP contribution in [0, 0.1) is 27.7 Å². The largest absolute Gasteiger partial charge is 0.467 e. The van der Waals surface area contributed by atoms with Crippen LogP contribution in [0.1, 0.15) is 38.4 Å². The van der Waals surface area contributed by atoms with Crippen LogP contribution < -0.4 is 5.32 Å². The highest BCUT2D eigenvalue weighted by molar-refractivity contribution is 8.01. The van der Waals surface area contributed by atoms with Crippen LogP contribution in [0.3, 0.4) is 0 Å². The Hall–Kier alpha value is -2.12. The highest BCUT2D eigenvalue weighted by atomic mass is 32.2. The summed E-state index contributed by atoms with van der Waals surface area (Å²) in [5.74, 6) is 1.33. The molecule has 3 aromatic rings. The number of carbonyl (C=O) groups is 1. The molecule has 0 spiro atoms. The maximum Gasteiger partial charge on any atom is 0.206 e. The van der Waals surface area contributed by atoms with Gasteiger partial charge in [0.05, 0.1) is 18.6 Å². The Bertz CT molecular complexity index is 917. The van der Waals surface area contributed by atoms with E-state index in [9.17, 15) is 4.79 Å². The van der Waals surface area contributed by atoms with Gasteiger partial charge in [0.2, 0.25) is 5.13 Å². The molecule has 2 aromatic heterocycles. The number of hydrogen-bond donors (Lipinski definition) is 1. The Morgan fingerprint density at radius 1 is 1.19 bits per heavy atom. The normalized spacial score (nSPS) is 10.9. The number of ketones is 1. The molecule has 0 bridgehead atoms. The van der Waals surface area contributed by atoms with E-state index in [-0.39, 0.29) is 5.78 Å². The van der Waals surface area contributed by atoms with Gasteiger partial charge in [-0.2, -0.15) is 0 Å². The highest BCUT2D eigenvalue weighted by Gasteiger charge is 2.16. The van der Waals surface area contributed by atoms with Gasteiger partial charge in [0.15, 0.2) is 10.1 Å². The first-order valence-corrected chi connectivity index (χ1v) is 10.1. The van der Waals surface area contributed by atoms with Crippen LogP contribution >= 0.6 is 23.1 Å². The number of aryl methyl sites for hydroxylation is 2. The molecular weight excluding hydrogens is 366 g/mol. The van der Waals surface area contributed by atoms with Crippen LogP contribution in [-0.4, -0.2) is 21.7 Å². The molecule has 1 aromatic carbocycles. The van der Waals surface area contributed by atoms with Gasteiger partial charge in [0.25, 0.3) is 0 Å². The monoisotopic (exact) mass is 387 g/mol. The number of nitrogens with one attached hydrogen (secondary N) is 1. The zero-order chi connectivity index (χ0) is 18.7. The first kappa shape index (κ1) is 18.7. The average molecular weight is 388 g/mol. The minimum absolute atomic E-state index is 0.133. The molecule has 7 heteroatoms. The number of rotatable bonds is 7. The lowest BCUT2D eigenvalue weighted by atomic mass is 9.92. The number of aromatic nitrogens is 2. The second kappa shape index (κ2) is 8.05. The lowest BCUT2D eigenvalue weighted by molar-refractivity contribution is 0.102. The summed E-state index contributed by atoms with van der Waals surface area (Å²) in [6.07, 6.45) is 1.64. The third-order valence-electron chi connectivity index (χ3n) is 4.36. The fraction of sp³-hybridized carbons (Fsp3) is 0.316. The van der Waals surface area contributed by atoms with Gasteiger partial charge in [-0.1, -0.05) is 29.2 Å². The first-order chi connectivity index (χ1) is 12.5. The van der Waals surface area contributed by atoms with E-state index in [1.165, 1.54) is 34.2 Å². The Balaban J connectivity index is 1.61. The Kier molecular flexibility index (Phi) is 5.78. The minimum atomic E-state index is 0.133. The molecule has 26 heavy (non-hydrogen) atoms. The molecule has 2 heterocycles. The SMILES string of the molecule is Cc1cc(C)c(C(=O)CSc2nnc(NCc3ccco3)s2)c(C)c1C. The number of nitrogens with zero attached hydrogens (tertiary/aromatic N) is 2. The molecule has 0 aliphatic rings. The summed E-state index contributed by atoms with van der Waals surface area (Å²) in [6.45, 7) is 8.73. The van der Waals surface area contributed by atoms with E-state index in [0.717, 1.165) is 31.9 Å². The smallest absolute Gasteiger partial charge is 0.206 e. The standard InChI is InChI=1S/C19H21N3O2S2/c1-11-8-12(2)17(14(4)13(11)3)16(23)10-25-19-22-21-18(26-19)20-9-15-6-5-7-24-15/h5-8H,9-10H2,1-4H3,(H,20,21). The predicted molar refractivity (Wildman–Crippen MR) is 106 cm³/mol. The fourth-order valence-electron chi connectivity index (χ4n) is 2.83. The third kappa shape index (κ3) is 4.16. The zero-order valence-corrected chi connectivity index (χ0v) is 16.9. The lowest BCUT2D eigenvalue weighted by Gasteiger charge is -2.13. The van der Waals surface area contributed by atoms with Crippen molar-refractivity contribution >= 4 is 34.0 Å². The molecule has 0 fully saturated rings. The van der Waals surface area contributed by atoms with E-state index >= 15 is 0 Å². The topological polar surface area (TPSA) is 68.0 Å². The summed E-state index contributed by atoms with van der Waals surface area (Å²) < 4.78 is 6.05. The van der Waals surface area contributed by atoms with Crippen LogP contribution in [0.4, 0.5) is 5.13 Å². The van der Waals surface area contributed by atoms with Crippen LogP contribution in [0.15, 0.2) is 33.2 Å². The van der Waals surface area contributed by atoms with Crippen LogP contribution in [0.5, 0.6) is 0 Å². The molecular formula is C19H21N3O2S2. The first-order valence-electron chi connectivity index (χ1n) is 8.29. The van der Waals surface area contributed by atoms with Gasteiger partial charge in [-0.05, 0) is 62.1 Å². The molecule has 0 radical (unpaired) electrons. The summed E-state index contributed by atoms with van der Waals surface area (Å²) in [6, 6.07) is 5.83. The fourth-order valence-corrected chi connectivity index (χ4v) is 4.45. The van der Waals surface area contributed by atoms with Crippen LogP contribution in [-0.2, 0) is 6.54 Å². The molecule has 0 unspecified atom stereocenters. The van der Waals surface area contributed by atoms with E-state index in [1.54, 1.807) is 6.26 Å². The molecule has 0 amide bonds. The lowest BCUT2D eigenvalue weighted by Crippen LogP contribution is -2.09.